The van der Waals surface area contributed by atoms with Crippen LogP contribution in [0.5, 0.6) is 0 Å². The molecular weight excluding hydrogens is 279 g/mol. The van der Waals surface area contributed by atoms with Crippen LogP contribution in [0.3, 0.4) is 0 Å². The molecule has 1 aliphatic rings. The molecule has 0 aromatic carbocycles. The van der Waals surface area contributed by atoms with Crippen molar-refractivity contribution in [2.24, 2.45) is 5.41 Å². The zero-order chi connectivity index (χ0) is 9.57. The topological polar surface area (TPSA) is 18.5 Å². The molecule has 3 heteroatoms. The van der Waals surface area contributed by atoms with E-state index in [-0.39, 0.29) is 0 Å². The Balaban J connectivity index is 1.98. The number of hydrogen-bond acceptors (Lipinski definition) is 2. The number of halogens is 1. The van der Waals surface area contributed by atoms with Crippen molar-refractivity contribution in [2.75, 3.05) is 30.9 Å². The molecule has 78 valence electrons. The molecule has 0 aromatic rings. The largest absolute Gasteiger partial charge is 0.381 e. The summed E-state index contributed by atoms with van der Waals surface area (Å²) in [5.41, 5.74) is 0.365. The van der Waals surface area contributed by atoms with Crippen molar-refractivity contribution < 1.29 is 9.47 Å². The summed E-state index contributed by atoms with van der Waals surface area (Å²) in [5.74, 6) is 0. The van der Waals surface area contributed by atoms with E-state index in [9.17, 15) is 0 Å². The zero-order valence-corrected chi connectivity index (χ0v) is 10.5. The highest BCUT2D eigenvalue weighted by Crippen LogP contribution is 2.31. The van der Waals surface area contributed by atoms with Crippen molar-refractivity contribution in [1.82, 2.24) is 0 Å². The Hall–Kier alpha value is 0.650. The lowest BCUT2D eigenvalue weighted by atomic mass is 9.84. The fourth-order valence-corrected chi connectivity index (χ4v) is 1.91. The van der Waals surface area contributed by atoms with Gasteiger partial charge in [0.05, 0.1) is 19.8 Å². The van der Waals surface area contributed by atoms with Gasteiger partial charge in [0.15, 0.2) is 0 Å². The van der Waals surface area contributed by atoms with Gasteiger partial charge in [-0.3, -0.25) is 0 Å². The number of unbranched alkanes of at least 4 members (excludes halogenated alkanes) is 1. The van der Waals surface area contributed by atoms with Gasteiger partial charge in [0.25, 0.3) is 0 Å². The standard InChI is InChI=1S/C10H19IO2/c1-2-10(8-13-9-10)7-12-6-4-3-5-11/h2-9H2,1H3. The van der Waals surface area contributed by atoms with Crippen LogP contribution >= 0.6 is 22.6 Å². The van der Waals surface area contributed by atoms with Crippen LogP contribution in [0.15, 0.2) is 0 Å². The molecule has 0 aliphatic carbocycles. The van der Waals surface area contributed by atoms with Crippen molar-refractivity contribution in [3.05, 3.63) is 0 Å². The van der Waals surface area contributed by atoms with Gasteiger partial charge in [-0.2, -0.15) is 0 Å². The fourth-order valence-electron chi connectivity index (χ4n) is 1.37. The van der Waals surface area contributed by atoms with Crippen LogP contribution < -0.4 is 0 Å². The minimum absolute atomic E-state index is 0.365. The molecule has 0 amide bonds. The summed E-state index contributed by atoms with van der Waals surface area (Å²) in [5, 5.41) is 0. The lowest BCUT2D eigenvalue weighted by Gasteiger charge is -2.40. The van der Waals surface area contributed by atoms with Gasteiger partial charge in [0.2, 0.25) is 0 Å². The molecule has 0 atom stereocenters. The summed E-state index contributed by atoms with van der Waals surface area (Å²) < 4.78 is 12.1. The summed E-state index contributed by atoms with van der Waals surface area (Å²) in [6.07, 6.45) is 3.65. The van der Waals surface area contributed by atoms with E-state index in [4.69, 9.17) is 9.47 Å². The highest BCUT2D eigenvalue weighted by atomic mass is 127. The first-order chi connectivity index (χ1) is 6.33. The molecule has 1 saturated heterocycles. The maximum Gasteiger partial charge on any atom is 0.0566 e. The molecule has 0 unspecified atom stereocenters. The highest BCUT2D eigenvalue weighted by Gasteiger charge is 2.36. The van der Waals surface area contributed by atoms with Gasteiger partial charge in [0, 0.05) is 12.0 Å². The average molecular weight is 298 g/mol. The van der Waals surface area contributed by atoms with Crippen molar-refractivity contribution >= 4 is 22.6 Å². The Kier molecular flexibility index (Phi) is 5.58. The first-order valence-corrected chi connectivity index (χ1v) is 6.57. The van der Waals surface area contributed by atoms with E-state index in [1.165, 1.54) is 23.7 Å². The third-order valence-corrected chi connectivity index (χ3v) is 3.41. The van der Waals surface area contributed by atoms with Gasteiger partial charge in [-0.25, -0.2) is 0 Å². The van der Waals surface area contributed by atoms with Crippen LogP contribution in [0.2, 0.25) is 0 Å². The summed E-state index contributed by atoms with van der Waals surface area (Å²) in [4.78, 5) is 0. The number of alkyl halides is 1. The molecule has 2 nitrogen and oxygen atoms in total. The normalized spacial score (nSPS) is 19.8. The fraction of sp³-hybridized carbons (Fsp3) is 1.00. The minimum Gasteiger partial charge on any atom is -0.381 e. The second-order valence-electron chi connectivity index (χ2n) is 3.80. The van der Waals surface area contributed by atoms with Crippen LogP contribution in [-0.4, -0.2) is 30.9 Å². The van der Waals surface area contributed by atoms with Crippen molar-refractivity contribution in [2.45, 2.75) is 26.2 Å². The Morgan fingerprint density at radius 1 is 1.38 bits per heavy atom. The van der Waals surface area contributed by atoms with E-state index in [0.717, 1.165) is 26.4 Å². The first kappa shape index (κ1) is 11.7. The summed E-state index contributed by atoms with van der Waals surface area (Å²) in [6.45, 7) is 5.83. The van der Waals surface area contributed by atoms with E-state index in [2.05, 4.69) is 29.5 Å². The minimum atomic E-state index is 0.365. The zero-order valence-electron chi connectivity index (χ0n) is 8.35. The van der Waals surface area contributed by atoms with Gasteiger partial charge in [0.1, 0.15) is 0 Å². The SMILES string of the molecule is CCC1(COCCCCI)COC1. The molecule has 0 spiro atoms. The van der Waals surface area contributed by atoms with Crippen LogP contribution in [0.25, 0.3) is 0 Å². The predicted octanol–water partition coefficient (Wildman–Crippen LogP) is 2.64. The van der Waals surface area contributed by atoms with Crippen LogP contribution in [0.4, 0.5) is 0 Å². The lowest BCUT2D eigenvalue weighted by molar-refractivity contribution is -0.150. The van der Waals surface area contributed by atoms with Crippen molar-refractivity contribution in [3.8, 4) is 0 Å². The van der Waals surface area contributed by atoms with Crippen LogP contribution in [0.1, 0.15) is 26.2 Å². The Bertz CT molecular complexity index is 129. The van der Waals surface area contributed by atoms with E-state index in [1.807, 2.05) is 0 Å². The maximum absolute atomic E-state index is 5.65. The molecule has 0 bridgehead atoms. The molecule has 0 N–H and O–H groups in total. The predicted molar refractivity (Wildman–Crippen MR) is 62.5 cm³/mol. The Morgan fingerprint density at radius 2 is 2.15 bits per heavy atom. The quantitative estimate of drug-likeness (QED) is 0.409. The summed E-state index contributed by atoms with van der Waals surface area (Å²) >= 11 is 2.41. The Morgan fingerprint density at radius 3 is 2.62 bits per heavy atom. The van der Waals surface area contributed by atoms with Gasteiger partial charge >= 0.3 is 0 Å². The van der Waals surface area contributed by atoms with Gasteiger partial charge < -0.3 is 9.47 Å². The van der Waals surface area contributed by atoms with E-state index >= 15 is 0 Å². The second kappa shape index (κ2) is 6.19. The van der Waals surface area contributed by atoms with Crippen LogP contribution in [0, 0.1) is 5.41 Å². The van der Waals surface area contributed by atoms with E-state index in [1.54, 1.807) is 0 Å². The average Bonchev–Trinajstić information content (AvgIpc) is 2.09. The number of hydrogen-bond donors (Lipinski definition) is 0. The molecule has 13 heavy (non-hydrogen) atoms. The first-order valence-electron chi connectivity index (χ1n) is 5.04. The van der Waals surface area contributed by atoms with Crippen molar-refractivity contribution in [3.63, 3.8) is 0 Å². The maximum atomic E-state index is 5.65. The molecule has 1 rings (SSSR count). The molecule has 1 fully saturated rings. The molecule has 1 heterocycles. The van der Waals surface area contributed by atoms with Gasteiger partial charge in [-0.1, -0.05) is 29.5 Å². The summed E-state index contributed by atoms with van der Waals surface area (Å²) in [6, 6.07) is 0. The highest BCUT2D eigenvalue weighted by molar-refractivity contribution is 14.1. The van der Waals surface area contributed by atoms with Crippen LogP contribution in [-0.2, 0) is 9.47 Å². The molecule has 0 radical (unpaired) electrons. The summed E-state index contributed by atoms with van der Waals surface area (Å²) in [7, 11) is 0. The third kappa shape index (κ3) is 3.72. The molecule has 0 aromatic heterocycles. The Labute approximate surface area is 94.5 Å². The molecule has 1 aliphatic heterocycles. The molecular formula is C10H19IO2. The number of ether oxygens (including phenoxy) is 2. The van der Waals surface area contributed by atoms with E-state index in [0.29, 0.717) is 5.41 Å². The third-order valence-electron chi connectivity index (χ3n) is 2.65. The van der Waals surface area contributed by atoms with Gasteiger partial charge in [-0.05, 0) is 23.7 Å². The smallest absolute Gasteiger partial charge is 0.0566 e. The number of rotatable bonds is 7. The second-order valence-corrected chi connectivity index (χ2v) is 4.87. The monoisotopic (exact) mass is 298 g/mol. The van der Waals surface area contributed by atoms with E-state index < -0.39 is 0 Å². The lowest BCUT2D eigenvalue weighted by Crippen LogP contribution is -2.45. The molecule has 0 saturated carbocycles. The van der Waals surface area contributed by atoms with Gasteiger partial charge in [-0.15, -0.1) is 0 Å². The van der Waals surface area contributed by atoms with Crippen molar-refractivity contribution in [1.29, 1.82) is 0 Å².